The Morgan fingerprint density at radius 3 is 2.62 bits per heavy atom. The molecule has 3 N–H and O–H groups in total. The van der Waals surface area contributed by atoms with Gasteiger partial charge < -0.3 is 11.1 Å². The van der Waals surface area contributed by atoms with Crippen molar-refractivity contribution in [3.63, 3.8) is 0 Å². The van der Waals surface area contributed by atoms with Gasteiger partial charge in [0.15, 0.2) is 0 Å². The minimum absolute atomic E-state index is 0.0240. The summed E-state index contributed by atoms with van der Waals surface area (Å²) in [5.41, 5.74) is 7.47. The smallest absolute Gasteiger partial charge is 0.141 e. The van der Waals surface area contributed by atoms with E-state index in [2.05, 4.69) is 15.3 Å². The Labute approximate surface area is 129 Å². The van der Waals surface area contributed by atoms with E-state index < -0.39 is 5.82 Å². The summed E-state index contributed by atoms with van der Waals surface area (Å²) in [6.45, 7) is 0. The number of rotatable bonds is 2. The van der Waals surface area contributed by atoms with Crippen molar-refractivity contribution in [3.05, 3.63) is 52.5 Å². The molecule has 0 aliphatic rings. The average molecular weight is 323 g/mol. The molecule has 3 aromatic rings. The van der Waals surface area contributed by atoms with Crippen LogP contribution in [0.15, 0.2) is 36.7 Å². The standard InChI is InChI=1S/C14H9Cl2FN4/c15-10-5-8(1-2-12(10)17)21-14-9-3-7(18)4-11(16)13(9)19-6-20-14/h1-6H,18H2,(H,19,20,21). The van der Waals surface area contributed by atoms with Gasteiger partial charge in [0.05, 0.1) is 15.6 Å². The maximum Gasteiger partial charge on any atom is 0.141 e. The van der Waals surface area contributed by atoms with Crippen molar-refractivity contribution < 1.29 is 4.39 Å². The highest BCUT2D eigenvalue weighted by atomic mass is 35.5. The van der Waals surface area contributed by atoms with E-state index in [1.165, 1.54) is 18.5 Å². The predicted molar refractivity (Wildman–Crippen MR) is 83.7 cm³/mol. The minimum atomic E-state index is -0.484. The van der Waals surface area contributed by atoms with Crippen LogP contribution in [0.2, 0.25) is 10.0 Å². The van der Waals surface area contributed by atoms with E-state index >= 15 is 0 Å². The Morgan fingerprint density at radius 1 is 1.05 bits per heavy atom. The van der Waals surface area contributed by atoms with Gasteiger partial charge in [0.1, 0.15) is 18.0 Å². The number of fused-ring (bicyclic) bond motifs is 1. The lowest BCUT2D eigenvalue weighted by Crippen LogP contribution is -1.97. The normalized spacial score (nSPS) is 10.8. The maximum absolute atomic E-state index is 13.2. The van der Waals surface area contributed by atoms with Crippen LogP contribution in [0.4, 0.5) is 21.6 Å². The minimum Gasteiger partial charge on any atom is -0.399 e. The van der Waals surface area contributed by atoms with Crippen LogP contribution in [-0.4, -0.2) is 9.97 Å². The topological polar surface area (TPSA) is 63.8 Å². The summed E-state index contributed by atoms with van der Waals surface area (Å²) >= 11 is 11.9. The fraction of sp³-hybridized carbons (Fsp3) is 0. The van der Waals surface area contributed by atoms with Gasteiger partial charge in [-0.05, 0) is 30.3 Å². The molecule has 21 heavy (non-hydrogen) atoms. The zero-order valence-corrected chi connectivity index (χ0v) is 12.1. The molecule has 7 heteroatoms. The van der Waals surface area contributed by atoms with Gasteiger partial charge in [-0.1, -0.05) is 23.2 Å². The number of nitrogens with one attached hydrogen (secondary N) is 1. The van der Waals surface area contributed by atoms with Gasteiger partial charge >= 0.3 is 0 Å². The summed E-state index contributed by atoms with van der Waals surface area (Å²) in [5, 5.41) is 4.18. The van der Waals surface area contributed by atoms with Crippen molar-refractivity contribution in [1.82, 2.24) is 9.97 Å². The zero-order valence-electron chi connectivity index (χ0n) is 10.6. The first-order valence-electron chi connectivity index (χ1n) is 5.96. The molecular weight excluding hydrogens is 314 g/mol. The summed E-state index contributed by atoms with van der Waals surface area (Å²) in [4.78, 5) is 8.29. The SMILES string of the molecule is Nc1cc(Cl)c2ncnc(Nc3ccc(F)c(Cl)c3)c2c1. The van der Waals surface area contributed by atoms with E-state index in [1.807, 2.05) is 0 Å². The van der Waals surface area contributed by atoms with E-state index in [0.29, 0.717) is 33.1 Å². The predicted octanol–water partition coefficient (Wildman–Crippen LogP) is 4.40. The molecule has 1 heterocycles. The van der Waals surface area contributed by atoms with Gasteiger partial charge in [0.25, 0.3) is 0 Å². The number of benzene rings is 2. The van der Waals surface area contributed by atoms with Crippen molar-refractivity contribution in [2.45, 2.75) is 0 Å². The van der Waals surface area contributed by atoms with Gasteiger partial charge in [0.2, 0.25) is 0 Å². The molecule has 0 spiro atoms. The second-order valence-corrected chi connectivity index (χ2v) is 5.19. The molecule has 2 aromatic carbocycles. The molecule has 1 aromatic heterocycles. The number of aromatic nitrogens is 2. The molecule has 0 unspecified atom stereocenters. The second kappa shape index (κ2) is 5.35. The first-order chi connectivity index (χ1) is 10.0. The van der Waals surface area contributed by atoms with Gasteiger partial charge in [0, 0.05) is 16.8 Å². The number of nitrogens with zero attached hydrogens (tertiary/aromatic N) is 2. The molecule has 4 nitrogen and oxygen atoms in total. The monoisotopic (exact) mass is 322 g/mol. The highest BCUT2D eigenvalue weighted by Gasteiger charge is 2.09. The maximum atomic E-state index is 13.2. The lowest BCUT2D eigenvalue weighted by molar-refractivity contribution is 0.628. The first-order valence-corrected chi connectivity index (χ1v) is 6.72. The first kappa shape index (κ1) is 13.9. The molecule has 0 bridgehead atoms. The van der Waals surface area contributed by atoms with Crippen LogP contribution in [0, 0.1) is 5.82 Å². The summed E-state index contributed by atoms with van der Waals surface area (Å²) in [6.07, 6.45) is 1.39. The van der Waals surface area contributed by atoms with Crippen molar-refractivity contribution in [2.24, 2.45) is 0 Å². The van der Waals surface area contributed by atoms with Crippen LogP contribution in [0.25, 0.3) is 10.9 Å². The lowest BCUT2D eigenvalue weighted by atomic mass is 10.2. The highest BCUT2D eigenvalue weighted by molar-refractivity contribution is 6.35. The Balaban J connectivity index is 2.10. The van der Waals surface area contributed by atoms with E-state index in [9.17, 15) is 4.39 Å². The molecule has 3 rings (SSSR count). The van der Waals surface area contributed by atoms with Crippen LogP contribution in [-0.2, 0) is 0 Å². The molecule has 0 radical (unpaired) electrons. The van der Waals surface area contributed by atoms with Crippen LogP contribution < -0.4 is 11.1 Å². The van der Waals surface area contributed by atoms with Crippen LogP contribution in [0.1, 0.15) is 0 Å². The molecule has 0 atom stereocenters. The lowest BCUT2D eigenvalue weighted by Gasteiger charge is -2.10. The van der Waals surface area contributed by atoms with Crippen LogP contribution >= 0.6 is 23.2 Å². The molecule has 0 aliphatic carbocycles. The van der Waals surface area contributed by atoms with E-state index in [-0.39, 0.29) is 5.02 Å². The zero-order chi connectivity index (χ0) is 15.0. The number of hydrogen-bond donors (Lipinski definition) is 2. The third-order valence-corrected chi connectivity index (χ3v) is 3.47. The third-order valence-electron chi connectivity index (χ3n) is 2.90. The fourth-order valence-electron chi connectivity index (χ4n) is 1.96. The Kier molecular flexibility index (Phi) is 3.53. The van der Waals surface area contributed by atoms with Crippen LogP contribution in [0.3, 0.4) is 0 Å². The summed E-state index contributed by atoms with van der Waals surface area (Å²) in [6, 6.07) is 7.64. The van der Waals surface area contributed by atoms with Gasteiger partial charge in [-0.3, -0.25) is 0 Å². The number of anilines is 3. The van der Waals surface area contributed by atoms with Crippen molar-refractivity contribution >= 4 is 51.3 Å². The molecule has 0 aliphatic heterocycles. The summed E-state index contributed by atoms with van der Waals surface area (Å²) in [5.74, 6) is 0.0268. The quantitative estimate of drug-likeness (QED) is 0.686. The Morgan fingerprint density at radius 2 is 1.86 bits per heavy atom. The summed E-state index contributed by atoms with van der Waals surface area (Å²) in [7, 11) is 0. The molecule has 106 valence electrons. The average Bonchev–Trinajstić information content (AvgIpc) is 2.44. The molecule has 0 saturated heterocycles. The van der Waals surface area contributed by atoms with Crippen molar-refractivity contribution in [3.8, 4) is 0 Å². The number of halogens is 3. The molecular formula is C14H9Cl2FN4. The molecule has 0 fully saturated rings. The van der Waals surface area contributed by atoms with E-state index in [4.69, 9.17) is 28.9 Å². The Hall–Kier alpha value is -2.11. The largest absolute Gasteiger partial charge is 0.399 e. The number of nitrogens with two attached hydrogens (primary N) is 1. The highest BCUT2D eigenvalue weighted by Crippen LogP contribution is 2.30. The van der Waals surface area contributed by atoms with Gasteiger partial charge in [-0.25, -0.2) is 14.4 Å². The van der Waals surface area contributed by atoms with E-state index in [1.54, 1.807) is 18.2 Å². The van der Waals surface area contributed by atoms with E-state index in [0.717, 1.165) is 0 Å². The second-order valence-electron chi connectivity index (χ2n) is 4.38. The summed E-state index contributed by atoms with van der Waals surface area (Å²) < 4.78 is 13.2. The Bertz CT molecular complexity index is 839. The molecule has 0 amide bonds. The van der Waals surface area contributed by atoms with Crippen LogP contribution in [0.5, 0.6) is 0 Å². The number of nitrogen functional groups attached to an aromatic ring is 1. The third kappa shape index (κ3) is 2.70. The van der Waals surface area contributed by atoms with Gasteiger partial charge in [-0.15, -0.1) is 0 Å². The van der Waals surface area contributed by atoms with Gasteiger partial charge in [-0.2, -0.15) is 0 Å². The van der Waals surface area contributed by atoms with Crippen molar-refractivity contribution in [1.29, 1.82) is 0 Å². The fourth-order valence-corrected chi connectivity index (χ4v) is 2.41. The molecule has 0 saturated carbocycles. The van der Waals surface area contributed by atoms with Crippen molar-refractivity contribution in [2.75, 3.05) is 11.1 Å². The number of hydrogen-bond acceptors (Lipinski definition) is 4.